The predicted molar refractivity (Wildman–Crippen MR) is 75.6 cm³/mol. The van der Waals surface area contributed by atoms with Crippen LogP contribution in [0.25, 0.3) is 0 Å². The molecule has 0 aromatic heterocycles. The van der Waals surface area contributed by atoms with E-state index < -0.39 is 12.6 Å². The molecule has 0 fully saturated rings. The molecule has 0 atom stereocenters. The van der Waals surface area contributed by atoms with Gasteiger partial charge in [-0.2, -0.15) is 8.78 Å². The quantitative estimate of drug-likeness (QED) is 0.725. The molecule has 2 amide bonds. The first-order valence-electron chi connectivity index (χ1n) is 6.53. The van der Waals surface area contributed by atoms with E-state index in [2.05, 4.69) is 15.4 Å². The number of para-hydroxylation sites is 2. The van der Waals surface area contributed by atoms with Crippen LogP contribution in [0.2, 0.25) is 0 Å². The highest BCUT2D eigenvalue weighted by molar-refractivity contribution is 5.90. The lowest BCUT2D eigenvalue weighted by Crippen LogP contribution is -2.37. The lowest BCUT2D eigenvalue weighted by molar-refractivity contribution is -0.0493. The number of alkyl halides is 2. The van der Waals surface area contributed by atoms with Gasteiger partial charge in [-0.05, 0) is 24.0 Å². The van der Waals surface area contributed by atoms with E-state index in [-0.39, 0.29) is 23.5 Å². The molecule has 0 heterocycles. The van der Waals surface area contributed by atoms with Crippen LogP contribution in [-0.2, 0) is 0 Å². The summed E-state index contributed by atoms with van der Waals surface area (Å²) >= 11 is 0. The highest BCUT2D eigenvalue weighted by atomic mass is 19.3. The average molecular weight is 302 g/mol. The number of hydrogen-bond donors (Lipinski definition) is 3. The molecule has 0 spiro atoms. The van der Waals surface area contributed by atoms with Gasteiger partial charge < -0.3 is 20.5 Å². The zero-order chi connectivity index (χ0) is 15.9. The van der Waals surface area contributed by atoms with Crippen molar-refractivity contribution in [3.8, 4) is 5.75 Å². The third-order valence-corrected chi connectivity index (χ3v) is 2.87. The van der Waals surface area contributed by atoms with Crippen LogP contribution < -0.4 is 15.4 Å². The van der Waals surface area contributed by atoms with Gasteiger partial charge in [-0.15, -0.1) is 0 Å². The van der Waals surface area contributed by atoms with E-state index in [1.807, 2.05) is 13.8 Å². The zero-order valence-corrected chi connectivity index (χ0v) is 12.0. The summed E-state index contributed by atoms with van der Waals surface area (Å²) in [6, 6.07) is 5.42. The summed E-state index contributed by atoms with van der Waals surface area (Å²) in [6.07, 6.45) is 0.540. The molecule has 0 radical (unpaired) electrons. The molecular formula is C14H20F2N2O3. The summed E-state index contributed by atoms with van der Waals surface area (Å²) in [4.78, 5) is 11.8. The van der Waals surface area contributed by atoms with Gasteiger partial charge in [0, 0.05) is 13.2 Å². The van der Waals surface area contributed by atoms with Gasteiger partial charge in [0.2, 0.25) is 0 Å². The first-order chi connectivity index (χ1) is 9.84. The zero-order valence-electron chi connectivity index (χ0n) is 12.0. The number of nitrogens with one attached hydrogen (secondary N) is 2. The van der Waals surface area contributed by atoms with Crippen LogP contribution >= 0.6 is 0 Å². The van der Waals surface area contributed by atoms with Crippen molar-refractivity contribution in [3.05, 3.63) is 24.3 Å². The van der Waals surface area contributed by atoms with Crippen LogP contribution in [0, 0.1) is 5.41 Å². The van der Waals surface area contributed by atoms with E-state index in [4.69, 9.17) is 5.11 Å². The molecule has 1 aromatic rings. The molecule has 118 valence electrons. The maximum absolute atomic E-state index is 12.3. The van der Waals surface area contributed by atoms with Crippen molar-refractivity contribution in [1.82, 2.24) is 5.32 Å². The van der Waals surface area contributed by atoms with Crippen molar-refractivity contribution in [2.24, 2.45) is 5.41 Å². The average Bonchev–Trinajstić information content (AvgIpc) is 2.38. The molecule has 5 nitrogen and oxygen atoms in total. The fourth-order valence-corrected chi connectivity index (χ4v) is 1.65. The van der Waals surface area contributed by atoms with Crippen LogP contribution in [0.1, 0.15) is 20.3 Å². The first-order valence-corrected chi connectivity index (χ1v) is 6.53. The molecule has 0 saturated heterocycles. The molecular weight excluding hydrogens is 282 g/mol. The van der Waals surface area contributed by atoms with Gasteiger partial charge in [-0.1, -0.05) is 26.0 Å². The fourth-order valence-electron chi connectivity index (χ4n) is 1.65. The molecule has 0 bridgehead atoms. The second-order valence-corrected chi connectivity index (χ2v) is 5.32. The van der Waals surface area contributed by atoms with Crippen molar-refractivity contribution >= 4 is 11.7 Å². The van der Waals surface area contributed by atoms with E-state index >= 15 is 0 Å². The van der Waals surface area contributed by atoms with E-state index in [1.165, 1.54) is 18.2 Å². The number of aliphatic hydroxyl groups excluding tert-OH is 1. The third-order valence-electron chi connectivity index (χ3n) is 2.87. The summed E-state index contributed by atoms with van der Waals surface area (Å²) < 4.78 is 28.8. The van der Waals surface area contributed by atoms with Gasteiger partial charge in [-0.3, -0.25) is 0 Å². The monoisotopic (exact) mass is 302 g/mol. The van der Waals surface area contributed by atoms with E-state index in [1.54, 1.807) is 6.07 Å². The van der Waals surface area contributed by atoms with Gasteiger partial charge in [0.15, 0.2) is 0 Å². The van der Waals surface area contributed by atoms with Gasteiger partial charge in [0.1, 0.15) is 5.75 Å². The minimum absolute atomic E-state index is 0.0291. The molecule has 0 unspecified atom stereocenters. The molecule has 0 aliphatic carbocycles. The minimum Gasteiger partial charge on any atom is -0.433 e. The molecule has 21 heavy (non-hydrogen) atoms. The summed E-state index contributed by atoms with van der Waals surface area (Å²) in [6.45, 7) is 1.22. The molecule has 3 N–H and O–H groups in total. The second kappa shape index (κ2) is 7.78. The topological polar surface area (TPSA) is 70.6 Å². The Labute approximate surface area is 122 Å². The Morgan fingerprint density at radius 2 is 2.05 bits per heavy atom. The predicted octanol–water partition coefficient (Wildman–Crippen LogP) is 2.82. The Morgan fingerprint density at radius 3 is 2.67 bits per heavy atom. The van der Waals surface area contributed by atoms with Crippen molar-refractivity contribution in [3.63, 3.8) is 0 Å². The SMILES string of the molecule is CC(C)(CCO)CNC(=O)Nc1ccccc1OC(F)F. The molecule has 1 rings (SSSR count). The molecule has 0 saturated carbocycles. The maximum Gasteiger partial charge on any atom is 0.387 e. The second-order valence-electron chi connectivity index (χ2n) is 5.32. The van der Waals surface area contributed by atoms with Crippen molar-refractivity contribution in [1.29, 1.82) is 0 Å². The van der Waals surface area contributed by atoms with Crippen LogP contribution in [0.15, 0.2) is 24.3 Å². The first kappa shape index (κ1) is 17.2. The molecule has 0 aliphatic rings. The third kappa shape index (κ3) is 6.40. The van der Waals surface area contributed by atoms with Crippen LogP contribution in [0.4, 0.5) is 19.3 Å². The van der Waals surface area contributed by atoms with Gasteiger partial charge in [0.05, 0.1) is 5.69 Å². The molecule has 1 aromatic carbocycles. The fraction of sp³-hybridized carbons (Fsp3) is 0.500. The van der Waals surface area contributed by atoms with E-state index in [0.717, 1.165) is 0 Å². The number of benzene rings is 1. The minimum atomic E-state index is -2.96. The molecule has 7 heteroatoms. The van der Waals surface area contributed by atoms with Gasteiger partial charge >= 0.3 is 12.6 Å². The van der Waals surface area contributed by atoms with Crippen LogP contribution in [0.5, 0.6) is 5.75 Å². The van der Waals surface area contributed by atoms with Crippen molar-refractivity contribution in [2.45, 2.75) is 26.9 Å². The van der Waals surface area contributed by atoms with E-state index in [0.29, 0.717) is 13.0 Å². The number of aliphatic hydroxyl groups is 1. The summed E-state index contributed by atoms with van der Waals surface area (Å²) in [5.74, 6) is -0.0998. The number of carbonyl (C=O) groups is 1. The Hall–Kier alpha value is -1.89. The Bertz CT molecular complexity index is 467. The largest absolute Gasteiger partial charge is 0.433 e. The number of halogens is 2. The Balaban J connectivity index is 2.59. The number of hydrogen-bond acceptors (Lipinski definition) is 3. The number of amides is 2. The number of ether oxygens (including phenoxy) is 1. The van der Waals surface area contributed by atoms with Crippen molar-refractivity contribution in [2.75, 3.05) is 18.5 Å². The Morgan fingerprint density at radius 1 is 1.38 bits per heavy atom. The highest BCUT2D eigenvalue weighted by Gasteiger charge is 2.18. The number of anilines is 1. The van der Waals surface area contributed by atoms with Gasteiger partial charge in [0.25, 0.3) is 0 Å². The number of urea groups is 1. The summed E-state index contributed by atoms with van der Waals surface area (Å²) in [5.41, 5.74) is -0.0966. The smallest absolute Gasteiger partial charge is 0.387 e. The lowest BCUT2D eigenvalue weighted by atomic mass is 9.90. The lowest BCUT2D eigenvalue weighted by Gasteiger charge is -2.24. The number of rotatable bonds is 7. The summed E-state index contributed by atoms with van der Waals surface area (Å²) in [5, 5.41) is 14.0. The summed E-state index contributed by atoms with van der Waals surface area (Å²) in [7, 11) is 0. The standard InChI is InChI=1S/C14H20F2N2O3/c1-14(2,7-8-19)9-17-13(20)18-10-5-3-4-6-11(10)21-12(15)16/h3-6,12,19H,7-9H2,1-2H3,(H2,17,18,20). The highest BCUT2D eigenvalue weighted by Crippen LogP contribution is 2.25. The normalized spacial score (nSPS) is 11.3. The maximum atomic E-state index is 12.3. The van der Waals surface area contributed by atoms with Gasteiger partial charge in [-0.25, -0.2) is 4.79 Å². The van der Waals surface area contributed by atoms with Crippen LogP contribution in [0.3, 0.4) is 0 Å². The number of carbonyl (C=O) groups excluding carboxylic acids is 1. The van der Waals surface area contributed by atoms with Crippen LogP contribution in [-0.4, -0.2) is 30.9 Å². The molecule has 0 aliphatic heterocycles. The Kier molecular flexibility index (Phi) is 6.36. The van der Waals surface area contributed by atoms with E-state index in [9.17, 15) is 13.6 Å². The van der Waals surface area contributed by atoms with Crippen molar-refractivity contribution < 1.29 is 23.4 Å².